The monoisotopic (exact) mass is 370 g/mol. The molecule has 0 radical (unpaired) electrons. The highest BCUT2D eigenvalue weighted by Crippen LogP contribution is 2.06. The van der Waals surface area contributed by atoms with Gasteiger partial charge in [0.05, 0.1) is 25.4 Å². The number of hydrogen-bond donors (Lipinski definition) is 1. The van der Waals surface area contributed by atoms with Crippen molar-refractivity contribution in [2.75, 3.05) is 59.3 Å². The third-order valence-corrected chi connectivity index (χ3v) is 3.00. The molecular weight excluding hydrogens is 344 g/mol. The predicted octanol–water partition coefficient (Wildman–Crippen LogP) is 2.83. The van der Waals surface area contributed by atoms with Crippen LogP contribution in [0.4, 0.5) is 0 Å². The van der Waals surface area contributed by atoms with E-state index in [1.165, 1.54) is 0 Å². The fraction of sp³-hybridized carbons (Fsp3) is 1.00. The zero-order valence-corrected chi connectivity index (χ0v) is 14.8. The maximum Gasteiger partial charge on any atom is 0.0865 e. The second kappa shape index (κ2) is 17.6. The largest absolute Gasteiger partial charge is 0.379 e. The van der Waals surface area contributed by atoms with Crippen molar-refractivity contribution in [3.63, 3.8) is 0 Å². The van der Waals surface area contributed by atoms with Gasteiger partial charge in [0.2, 0.25) is 0 Å². The molecule has 0 heterocycles. The Kier molecular flexibility index (Phi) is 16.1. The minimum Gasteiger partial charge on any atom is -0.379 e. The van der Waals surface area contributed by atoms with E-state index >= 15 is 0 Å². The Balaban J connectivity index is 4.18. The van der Waals surface area contributed by atoms with Gasteiger partial charge in [-0.25, -0.2) is 0 Å². The fourth-order valence-electron chi connectivity index (χ4n) is 1.80. The first kappa shape index (κ1) is 23.8. The summed E-state index contributed by atoms with van der Waals surface area (Å²) in [6.45, 7) is 2.96. The van der Waals surface area contributed by atoms with Gasteiger partial charge in [0.15, 0.2) is 0 Å². The van der Waals surface area contributed by atoms with E-state index in [0.29, 0.717) is 58.7 Å². The standard InChI is InChI=1S/C13H26N10O3/c14-13(10-24-7-1-4-18-21-15,11-25-8-2-5-19-22-16)12-26-9-3-6-20-23-17/h1-12,14H2. The molecule has 0 aromatic rings. The zero-order valence-electron chi connectivity index (χ0n) is 14.8. The summed E-state index contributed by atoms with van der Waals surface area (Å²) >= 11 is 0. The van der Waals surface area contributed by atoms with Gasteiger partial charge in [0, 0.05) is 54.2 Å². The van der Waals surface area contributed by atoms with Crippen LogP contribution in [0.15, 0.2) is 15.3 Å². The van der Waals surface area contributed by atoms with Crippen LogP contribution in [-0.2, 0) is 14.2 Å². The molecule has 146 valence electrons. The van der Waals surface area contributed by atoms with Crippen LogP contribution in [0.5, 0.6) is 0 Å². The van der Waals surface area contributed by atoms with Crippen molar-refractivity contribution in [1.82, 2.24) is 0 Å². The van der Waals surface area contributed by atoms with E-state index in [9.17, 15) is 0 Å². The van der Waals surface area contributed by atoms with Crippen LogP contribution in [0.1, 0.15) is 19.3 Å². The van der Waals surface area contributed by atoms with Crippen molar-refractivity contribution >= 4 is 0 Å². The normalized spacial score (nSPS) is 12.3. The molecular formula is C13H26N10O3. The van der Waals surface area contributed by atoms with Crippen molar-refractivity contribution in [2.45, 2.75) is 24.8 Å². The van der Waals surface area contributed by atoms with Crippen LogP contribution < -0.4 is 5.73 Å². The molecule has 0 rings (SSSR count). The summed E-state index contributed by atoms with van der Waals surface area (Å²) in [4.78, 5) is 8.01. The van der Waals surface area contributed by atoms with E-state index in [-0.39, 0.29) is 19.8 Å². The van der Waals surface area contributed by atoms with Crippen molar-refractivity contribution < 1.29 is 14.2 Å². The smallest absolute Gasteiger partial charge is 0.0865 e. The molecule has 0 amide bonds. The first-order valence-corrected chi connectivity index (χ1v) is 8.23. The Hall–Kier alpha value is -2.23. The van der Waals surface area contributed by atoms with Crippen molar-refractivity contribution in [1.29, 1.82) is 0 Å². The van der Waals surface area contributed by atoms with Crippen LogP contribution in [-0.4, -0.2) is 64.8 Å². The van der Waals surface area contributed by atoms with Gasteiger partial charge in [-0.05, 0) is 35.9 Å². The van der Waals surface area contributed by atoms with Crippen LogP contribution in [0.3, 0.4) is 0 Å². The molecule has 26 heavy (non-hydrogen) atoms. The minimum absolute atomic E-state index is 0.218. The number of nitrogens with two attached hydrogens (primary N) is 1. The molecule has 2 N–H and O–H groups in total. The minimum atomic E-state index is -0.838. The Morgan fingerprint density at radius 2 is 0.962 bits per heavy atom. The first-order chi connectivity index (χ1) is 12.7. The summed E-state index contributed by atoms with van der Waals surface area (Å²) in [6, 6.07) is 0. The summed E-state index contributed by atoms with van der Waals surface area (Å²) in [5, 5.41) is 10.3. The molecule has 0 aromatic heterocycles. The summed E-state index contributed by atoms with van der Waals surface area (Å²) in [6.07, 6.45) is 1.79. The molecule has 0 spiro atoms. The lowest BCUT2D eigenvalue weighted by Gasteiger charge is -2.29. The lowest BCUT2D eigenvalue weighted by atomic mass is 10.1. The van der Waals surface area contributed by atoms with Gasteiger partial charge < -0.3 is 19.9 Å². The van der Waals surface area contributed by atoms with Crippen LogP contribution in [0.2, 0.25) is 0 Å². The highest BCUT2D eigenvalue weighted by atomic mass is 16.5. The van der Waals surface area contributed by atoms with Gasteiger partial charge in [-0.2, -0.15) is 0 Å². The average Bonchev–Trinajstić information content (AvgIpc) is 2.64. The molecule has 0 aliphatic rings. The SMILES string of the molecule is [N-]=[N+]=NCCCOCC(N)(COCCCN=[N+]=[N-])COCCCN=[N+]=[N-]. The second-order valence-electron chi connectivity index (χ2n) is 5.44. The first-order valence-electron chi connectivity index (χ1n) is 8.23. The van der Waals surface area contributed by atoms with E-state index < -0.39 is 5.54 Å². The molecule has 0 aliphatic heterocycles. The highest BCUT2D eigenvalue weighted by Gasteiger charge is 2.26. The highest BCUT2D eigenvalue weighted by molar-refractivity contribution is 4.84. The van der Waals surface area contributed by atoms with Crippen molar-refractivity contribution in [2.24, 2.45) is 21.1 Å². The summed E-state index contributed by atoms with van der Waals surface area (Å²) < 4.78 is 16.6. The zero-order chi connectivity index (χ0) is 19.3. The summed E-state index contributed by atoms with van der Waals surface area (Å²) in [7, 11) is 0. The lowest BCUT2D eigenvalue weighted by Crippen LogP contribution is -2.53. The van der Waals surface area contributed by atoms with Crippen LogP contribution >= 0.6 is 0 Å². The Morgan fingerprint density at radius 1 is 0.654 bits per heavy atom. The quantitative estimate of drug-likeness (QED) is 0.167. The Morgan fingerprint density at radius 3 is 1.23 bits per heavy atom. The average molecular weight is 370 g/mol. The number of rotatable bonds is 18. The molecule has 0 aliphatic carbocycles. The number of azide groups is 3. The molecule has 13 nitrogen and oxygen atoms in total. The molecule has 0 saturated carbocycles. The lowest BCUT2D eigenvalue weighted by molar-refractivity contribution is -0.0231. The maximum atomic E-state index is 8.21. The van der Waals surface area contributed by atoms with Gasteiger partial charge in [0.25, 0.3) is 0 Å². The number of ether oxygens (including phenoxy) is 3. The topological polar surface area (TPSA) is 200 Å². The summed E-state index contributed by atoms with van der Waals surface area (Å²) in [5.74, 6) is 0. The molecule has 0 unspecified atom stereocenters. The summed E-state index contributed by atoms with van der Waals surface area (Å²) in [5.41, 5.74) is 30.1. The molecule has 0 fully saturated rings. The van der Waals surface area contributed by atoms with E-state index in [1.54, 1.807) is 0 Å². The molecule has 0 bridgehead atoms. The van der Waals surface area contributed by atoms with Crippen molar-refractivity contribution in [3.8, 4) is 0 Å². The number of hydrogen-bond acceptors (Lipinski definition) is 7. The Labute approximate surface area is 151 Å². The van der Waals surface area contributed by atoms with Gasteiger partial charge in [-0.15, -0.1) is 0 Å². The molecule has 0 saturated heterocycles. The molecule has 13 heteroatoms. The Bertz CT molecular complexity index is 429. The van der Waals surface area contributed by atoms with Crippen LogP contribution in [0.25, 0.3) is 31.3 Å². The molecule has 0 aromatic carbocycles. The van der Waals surface area contributed by atoms with Crippen molar-refractivity contribution in [3.05, 3.63) is 31.3 Å². The van der Waals surface area contributed by atoms with E-state index in [1.807, 2.05) is 0 Å². The maximum absolute atomic E-state index is 8.21. The molecule has 0 atom stereocenters. The third kappa shape index (κ3) is 15.3. The third-order valence-electron chi connectivity index (χ3n) is 3.00. The van der Waals surface area contributed by atoms with Gasteiger partial charge in [-0.3, -0.25) is 0 Å². The van der Waals surface area contributed by atoms with E-state index in [4.69, 9.17) is 36.5 Å². The van der Waals surface area contributed by atoms with E-state index in [2.05, 4.69) is 30.1 Å². The number of nitrogens with zero attached hydrogens (tertiary/aromatic N) is 9. The predicted molar refractivity (Wildman–Crippen MR) is 95.3 cm³/mol. The second-order valence-corrected chi connectivity index (χ2v) is 5.44. The fourth-order valence-corrected chi connectivity index (χ4v) is 1.80. The van der Waals surface area contributed by atoms with Crippen LogP contribution in [0, 0.1) is 0 Å². The van der Waals surface area contributed by atoms with E-state index in [0.717, 1.165) is 0 Å². The van der Waals surface area contributed by atoms with Gasteiger partial charge >= 0.3 is 0 Å². The van der Waals surface area contributed by atoms with Gasteiger partial charge in [-0.1, -0.05) is 15.3 Å². The van der Waals surface area contributed by atoms with Gasteiger partial charge in [0.1, 0.15) is 0 Å².